The molecule has 160 valence electrons. The van der Waals surface area contributed by atoms with Gasteiger partial charge in [-0.15, -0.1) is 11.8 Å². The molecule has 0 aromatic heterocycles. The maximum atomic E-state index is 13.0. The van der Waals surface area contributed by atoms with Gasteiger partial charge in [0.25, 0.3) is 0 Å². The number of benzene rings is 2. The van der Waals surface area contributed by atoms with Gasteiger partial charge in [-0.05, 0) is 74.7 Å². The van der Waals surface area contributed by atoms with Crippen LogP contribution in [0.15, 0.2) is 36.4 Å². The molecule has 2 aromatic rings. The number of rotatable bonds is 7. The molecule has 0 aliphatic carbocycles. The van der Waals surface area contributed by atoms with Crippen molar-refractivity contribution in [1.29, 1.82) is 0 Å². The van der Waals surface area contributed by atoms with Crippen molar-refractivity contribution in [2.45, 2.75) is 32.9 Å². The number of Topliss-reactive ketones (excluding diaryl/α,β-unsaturated/α-hetero) is 1. The van der Waals surface area contributed by atoms with E-state index < -0.39 is 12.8 Å². The normalized spacial score (nSPS) is 16.3. The van der Waals surface area contributed by atoms with Crippen molar-refractivity contribution in [2.75, 3.05) is 24.3 Å². The van der Waals surface area contributed by atoms with Crippen molar-refractivity contribution in [3.63, 3.8) is 0 Å². The Morgan fingerprint density at radius 1 is 1.10 bits per heavy atom. The summed E-state index contributed by atoms with van der Waals surface area (Å²) in [7, 11) is -3.37. The van der Waals surface area contributed by atoms with Crippen molar-refractivity contribution in [3.05, 3.63) is 58.7 Å². The molecule has 0 bridgehead atoms. The van der Waals surface area contributed by atoms with Crippen LogP contribution >= 0.6 is 19.4 Å². The summed E-state index contributed by atoms with van der Waals surface area (Å²) < 4.78 is 23.6. The van der Waals surface area contributed by atoms with Crippen molar-refractivity contribution >= 4 is 42.0 Å². The Kier molecular flexibility index (Phi) is 7.19. The largest absolute Gasteiger partial charge is 0.361 e. The van der Waals surface area contributed by atoms with E-state index in [4.69, 9.17) is 9.05 Å². The zero-order chi connectivity index (χ0) is 21.9. The lowest BCUT2D eigenvalue weighted by atomic mass is 9.94. The number of hydrogen-bond donors (Lipinski definition) is 1. The molecule has 30 heavy (non-hydrogen) atoms. The number of anilines is 1. The van der Waals surface area contributed by atoms with E-state index in [1.807, 2.05) is 26.0 Å². The standard InChI is InChI=1S/C22H26NO5PS/c1-5-27-29(26,28-6-2)17-9-7-16(8-10-17)23-22(25)21-19-12-15(4)14(3)11-18(19)20(24)13-30-21/h7-12,21H,5-6,13H2,1-4H3,(H,23,25)/t21-/m1/s1. The number of amides is 1. The molecular formula is C22H26NO5PS. The minimum Gasteiger partial charge on any atom is -0.325 e. The summed E-state index contributed by atoms with van der Waals surface area (Å²) in [6.07, 6.45) is 0. The van der Waals surface area contributed by atoms with Crippen LogP contribution in [0, 0.1) is 13.8 Å². The first-order chi connectivity index (χ1) is 14.3. The van der Waals surface area contributed by atoms with E-state index in [2.05, 4.69) is 5.32 Å². The van der Waals surface area contributed by atoms with Crippen molar-refractivity contribution in [3.8, 4) is 0 Å². The van der Waals surface area contributed by atoms with Gasteiger partial charge in [0, 0.05) is 11.3 Å². The molecule has 0 unspecified atom stereocenters. The summed E-state index contributed by atoms with van der Waals surface area (Å²) in [6.45, 7) is 7.99. The summed E-state index contributed by atoms with van der Waals surface area (Å²) in [5, 5.41) is 2.88. The van der Waals surface area contributed by atoms with Crippen molar-refractivity contribution < 1.29 is 23.2 Å². The Morgan fingerprint density at radius 2 is 1.70 bits per heavy atom. The highest BCUT2D eigenvalue weighted by molar-refractivity contribution is 8.01. The Balaban J connectivity index is 1.80. The van der Waals surface area contributed by atoms with Gasteiger partial charge in [0.15, 0.2) is 5.78 Å². The van der Waals surface area contributed by atoms with E-state index in [0.717, 1.165) is 16.7 Å². The maximum Gasteiger partial charge on any atom is 0.361 e. The smallest absolute Gasteiger partial charge is 0.325 e. The third-order valence-corrected chi connectivity index (χ3v) is 8.27. The van der Waals surface area contributed by atoms with Crippen molar-refractivity contribution in [1.82, 2.24) is 0 Å². The molecule has 0 radical (unpaired) electrons. The van der Waals surface area contributed by atoms with Crippen LogP contribution in [0.3, 0.4) is 0 Å². The SMILES string of the molecule is CCOP(=O)(OCC)c1ccc(NC(=O)[C@@H]2SCC(=O)c3cc(C)c(C)cc32)cc1. The molecule has 1 heterocycles. The van der Waals surface area contributed by atoms with Crippen LogP contribution < -0.4 is 10.6 Å². The fourth-order valence-corrected chi connectivity index (χ4v) is 5.93. The summed E-state index contributed by atoms with van der Waals surface area (Å²) >= 11 is 1.33. The second kappa shape index (κ2) is 9.48. The topological polar surface area (TPSA) is 81.7 Å². The molecule has 1 aliphatic heterocycles. The lowest BCUT2D eigenvalue weighted by Crippen LogP contribution is -2.26. The van der Waals surface area contributed by atoms with Gasteiger partial charge in [0.1, 0.15) is 5.25 Å². The minimum absolute atomic E-state index is 0.0501. The van der Waals surface area contributed by atoms with E-state index in [1.165, 1.54) is 11.8 Å². The molecule has 0 saturated heterocycles. The molecule has 0 fully saturated rings. The zero-order valence-electron chi connectivity index (χ0n) is 17.6. The van der Waals surface area contributed by atoms with Gasteiger partial charge < -0.3 is 14.4 Å². The van der Waals surface area contributed by atoms with Gasteiger partial charge in [0.2, 0.25) is 5.91 Å². The minimum atomic E-state index is -3.37. The molecule has 1 aliphatic rings. The molecule has 2 aromatic carbocycles. The molecule has 1 N–H and O–H groups in total. The average Bonchev–Trinajstić information content (AvgIpc) is 2.70. The number of carbonyl (C=O) groups is 2. The Hall–Kier alpha value is -1.92. The van der Waals surface area contributed by atoms with E-state index in [1.54, 1.807) is 38.1 Å². The van der Waals surface area contributed by atoms with E-state index in [0.29, 0.717) is 16.6 Å². The zero-order valence-corrected chi connectivity index (χ0v) is 19.3. The quantitative estimate of drug-likeness (QED) is 0.614. The Bertz CT molecular complexity index is 995. The molecule has 1 atom stereocenters. The first-order valence-corrected chi connectivity index (χ1v) is 12.4. The number of hydrogen-bond acceptors (Lipinski definition) is 6. The fraction of sp³-hybridized carbons (Fsp3) is 0.364. The predicted molar refractivity (Wildman–Crippen MR) is 121 cm³/mol. The van der Waals surface area contributed by atoms with Crippen LogP contribution in [0.5, 0.6) is 0 Å². The van der Waals surface area contributed by atoms with Gasteiger partial charge in [-0.3, -0.25) is 14.2 Å². The molecule has 3 rings (SSSR count). The monoisotopic (exact) mass is 447 g/mol. The van der Waals surface area contributed by atoms with E-state index in [9.17, 15) is 14.2 Å². The first-order valence-electron chi connectivity index (χ1n) is 9.85. The van der Waals surface area contributed by atoms with Gasteiger partial charge in [-0.25, -0.2) is 0 Å². The molecule has 0 saturated carbocycles. The predicted octanol–water partition coefficient (Wildman–Crippen LogP) is 4.80. The number of aryl methyl sites for hydroxylation is 2. The Morgan fingerprint density at radius 3 is 2.30 bits per heavy atom. The van der Waals surface area contributed by atoms with Crippen LogP contribution in [-0.4, -0.2) is 30.7 Å². The number of carbonyl (C=O) groups excluding carboxylic acids is 2. The van der Waals surface area contributed by atoms with Crippen LogP contribution in [0.4, 0.5) is 5.69 Å². The van der Waals surface area contributed by atoms with Gasteiger partial charge in [0.05, 0.1) is 24.3 Å². The summed E-state index contributed by atoms with van der Waals surface area (Å²) in [5.41, 5.74) is 4.05. The van der Waals surface area contributed by atoms with Gasteiger partial charge >= 0.3 is 7.60 Å². The van der Waals surface area contributed by atoms with Crippen LogP contribution in [0.2, 0.25) is 0 Å². The third kappa shape index (κ3) is 4.70. The second-order valence-corrected chi connectivity index (χ2v) is 10.1. The number of fused-ring (bicyclic) bond motifs is 1. The van der Waals surface area contributed by atoms with Gasteiger partial charge in [-0.1, -0.05) is 6.07 Å². The lowest BCUT2D eigenvalue weighted by molar-refractivity contribution is -0.115. The first kappa shape index (κ1) is 22.8. The van der Waals surface area contributed by atoms with Crippen LogP contribution in [0.1, 0.15) is 46.1 Å². The second-order valence-electron chi connectivity index (χ2n) is 7.01. The number of nitrogens with one attached hydrogen (secondary N) is 1. The molecule has 1 amide bonds. The van der Waals surface area contributed by atoms with Gasteiger partial charge in [-0.2, -0.15) is 0 Å². The third-order valence-electron chi connectivity index (χ3n) is 4.92. The molecular weight excluding hydrogens is 421 g/mol. The van der Waals surface area contributed by atoms with Crippen molar-refractivity contribution in [2.24, 2.45) is 0 Å². The van der Waals surface area contributed by atoms with Crippen LogP contribution in [-0.2, 0) is 18.4 Å². The number of ketones is 1. The Labute approximate surface area is 181 Å². The highest BCUT2D eigenvalue weighted by Gasteiger charge is 2.32. The van der Waals surface area contributed by atoms with Crippen LogP contribution in [0.25, 0.3) is 0 Å². The molecule has 6 nitrogen and oxygen atoms in total. The summed E-state index contributed by atoms with van der Waals surface area (Å²) in [6, 6.07) is 10.4. The van der Waals surface area contributed by atoms with E-state index >= 15 is 0 Å². The number of thioether (sulfide) groups is 1. The highest BCUT2D eigenvalue weighted by Crippen LogP contribution is 2.47. The molecule has 8 heteroatoms. The summed E-state index contributed by atoms with van der Waals surface area (Å²) in [5.74, 6) is 0.134. The maximum absolute atomic E-state index is 13.0. The fourth-order valence-electron chi connectivity index (χ4n) is 3.30. The summed E-state index contributed by atoms with van der Waals surface area (Å²) in [4.78, 5) is 25.3. The highest BCUT2D eigenvalue weighted by atomic mass is 32.2. The van der Waals surface area contributed by atoms with E-state index in [-0.39, 0.29) is 30.7 Å². The molecule has 0 spiro atoms. The lowest BCUT2D eigenvalue weighted by Gasteiger charge is -2.25. The average molecular weight is 447 g/mol.